The molecule has 1 N–H and O–H groups in total. The molecule has 1 fully saturated rings. The zero-order chi connectivity index (χ0) is 26.0. The number of carbonyl (C=O) groups is 3. The van der Waals surface area contributed by atoms with Crippen LogP contribution >= 0.6 is 27.5 Å². The normalized spacial score (nSPS) is 14.8. The average Bonchev–Trinajstić information content (AvgIpc) is 2.84. The van der Waals surface area contributed by atoms with E-state index in [1.165, 1.54) is 13.2 Å². The van der Waals surface area contributed by atoms with E-state index < -0.39 is 17.8 Å². The minimum absolute atomic E-state index is 0.213. The molecular formula is C27H22BrClN2O5. The Hall–Kier alpha value is -3.62. The summed E-state index contributed by atoms with van der Waals surface area (Å²) in [5, 5.41) is 2.47. The van der Waals surface area contributed by atoms with Crippen molar-refractivity contribution < 1.29 is 23.9 Å². The molecule has 3 aromatic carbocycles. The van der Waals surface area contributed by atoms with Crippen molar-refractivity contribution in [1.82, 2.24) is 5.32 Å². The van der Waals surface area contributed by atoms with E-state index in [1.807, 2.05) is 44.2 Å². The lowest BCUT2D eigenvalue weighted by molar-refractivity contribution is -0.122. The lowest BCUT2D eigenvalue weighted by atomic mass is 10.0. The molecule has 1 saturated heterocycles. The summed E-state index contributed by atoms with van der Waals surface area (Å²) in [5.41, 5.74) is 3.44. The first-order valence-electron chi connectivity index (χ1n) is 10.9. The summed E-state index contributed by atoms with van der Waals surface area (Å²) in [6, 6.07) is 15.2. The van der Waals surface area contributed by atoms with Gasteiger partial charge in [-0.15, -0.1) is 0 Å². The van der Waals surface area contributed by atoms with Gasteiger partial charge in [-0.25, -0.2) is 9.69 Å². The van der Waals surface area contributed by atoms with Gasteiger partial charge in [-0.1, -0.05) is 45.7 Å². The topological polar surface area (TPSA) is 84.9 Å². The Labute approximate surface area is 221 Å². The monoisotopic (exact) mass is 568 g/mol. The van der Waals surface area contributed by atoms with Crippen LogP contribution in [0, 0.1) is 13.8 Å². The number of hydrogen-bond acceptors (Lipinski definition) is 5. The van der Waals surface area contributed by atoms with Crippen molar-refractivity contribution in [3.05, 3.63) is 91.9 Å². The fourth-order valence-corrected chi connectivity index (χ4v) is 4.16. The predicted octanol–water partition coefficient (Wildman–Crippen LogP) is 5.97. The lowest BCUT2D eigenvalue weighted by Crippen LogP contribution is -2.54. The summed E-state index contributed by atoms with van der Waals surface area (Å²) in [6.07, 6.45) is 1.37. The number of anilines is 1. The van der Waals surface area contributed by atoms with E-state index in [0.29, 0.717) is 22.7 Å². The minimum Gasteiger partial charge on any atom is -0.493 e. The molecule has 1 aliphatic rings. The summed E-state index contributed by atoms with van der Waals surface area (Å²) < 4.78 is 12.3. The van der Waals surface area contributed by atoms with E-state index in [9.17, 15) is 14.4 Å². The number of rotatable bonds is 6. The van der Waals surface area contributed by atoms with Crippen LogP contribution in [-0.4, -0.2) is 25.0 Å². The molecule has 0 atom stereocenters. The van der Waals surface area contributed by atoms with Crippen molar-refractivity contribution in [1.29, 1.82) is 0 Å². The largest absolute Gasteiger partial charge is 0.493 e. The third-order valence-corrected chi connectivity index (χ3v) is 6.52. The number of nitrogens with one attached hydrogen (secondary N) is 1. The van der Waals surface area contributed by atoms with E-state index >= 15 is 0 Å². The molecule has 0 aromatic heterocycles. The number of carbonyl (C=O) groups excluding carboxylic acids is 3. The second-order valence-electron chi connectivity index (χ2n) is 8.18. The molecule has 4 amide bonds. The summed E-state index contributed by atoms with van der Waals surface area (Å²) in [4.78, 5) is 39.2. The SMILES string of the molecule is COc1cc(/C=C2\C(=O)NC(=O)N(c3ccc(C)c(C)c3)C2=O)cc(Cl)c1OCc1ccc(Br)cc1. The summed E-state index contributed by atoms with van der Waals surface area (Å²) in [7, 11) is 1.47. The Morgan fingerprint density at radius 2 is 1.72 bits per heavy atom. The number of nitrogens with zero attached hydrogens (tertiary/aromatic N) is 1. The van der Waals surface area contributed by atoms with Crippen LogP contribution < -0.4 is 19.7 Å². The van der Waals surface area contributed by atoms with Gasteiger partial charge < -0.3 is 9.47 Å². The van der Waals surface area contributed by atoms with E-state index in [1.54, 1.807) is 24.3 Å². The maximum absolute atomic E-state index is 13.2. The van der Waals surface area contributed by atoms with Gasteiger partial charge in [0.1, 0.15) is 12.2 Å². The predicted molar refractivity (Wildman–Crippen MR) is 141 cm³/mol. The van der Waals surface area contributed by atoms with Crippen molar-refractivity contribution >= 4 is 57.1 Å². The highest BCUT2D eigenvalue weighted by molar-refractivity contribution is 9.10. The molecule has 0 spiro atoms. The third-order valence-electron chi connectivity index (χ3n) is 5.71. The molecule has 3 aromatic rings. The molecule has 4 rings (SSSR count). The minimum atomic E-state index is -0.808. The number of imide groups is 2. The molecular weight excluding hydrogens is 548 g/mol. The number of methoxy groups -OCH3 is 1. The smallest absolute Gasteiger partial charge is 0.335 e. The van der Waals surface area contributed by atoms with Gasteiger partial charge in [0.05, 0.1) is 17.8 Å². The van der Waals surface area contributed by atoms with Gasteiger partial charge in [-0.3, -0.25) is 14.9 Å². The number of ether oxygens (including phenoxy) is 2. The number of hydrogen-bond donors (Lipinski definition) is 1. The van der Waals surface area contributed by atoms with Gasteiger partial charge in [0.25, 0.3) is 11.8 Å². The number of barbiturate groups is 1. The Morgan fingerprint density at radius 1 is 1.00 bits per heavy atom. The Bertz CT molecular complexity index is 1400. The molecule has 184 valence electrons. The average molecular weight is 570 g/mol. The summed E-state index contributed by atoms with van der Waals surface area (Å²) >= 11 is 9.88. The van der Waals surface area contributed by atoms with Crippen LogP contribution in [-0.2, 0) is 16.2 Å². The molecule has 0 bridgehead atoms. The Morgan fingerprint density at radius 3 is 2.39 bits per heavy atom. The van der Waals surface area contributed by atoms with E-state index in [0.717, 1.165) is 26.1 Å². The standard InChI is InChI=1S/C27H22BrClN2O5/c1-15-4-9-20(10-16(15)2)31-26(33)21(25(32)30-27(31)34)11-18-12-22(29)24(23(13-18)35-3)36-14-17-5-7-19(28)8-6-17/h4-13H,14H2,1-3H3,(H,30,32,34)/b21-11+. The van der Waals surface area contributed by atoms with Crippen LogP contribution in [0.4, 0.5) is 10.5 Å². The first-order valence-corrected chi connectivity index (χ1v) is 12.1. The van der Waals surface area contributed by atoms with Crippen LogP contribution in [0.3, 0.4) is 0 Å². The fraction of sp³-hybridized carbons (Fsp3) is 0.148. The van der Waals surface area contributed by atoms with Gasteiger partial charge in [0.15, 0.2) is 11.5 Å². The first kappa shape index (κ1) is 25.5. The molecule has 7 nitrogen and oxygen atoms in total. The maximum atomic E-state index is 13.2. The molecule has 36 heavy (non-hydrogen) atoms. The van der Waals surface area contributed by atoms with Crippen molar-refractivity contribution in [2.45, 2.75) is 20.5 Å². The number of amides is 4. The van der Waals surface area contributed by atoms with Gasteiger partial charge in [-0.2, -0.15) is 0 Å². The van der Waals surface area contributed by atoms with E-state index in [2.05, 4.69) is 21.2 Å². The third kappa shape index (κ3) is 5.29. The van der Waals surface area contributed by atoms with Gasteiger partial charge in [-0.05, 0) is 78.6 Å². The first-order chi connectivity index (χ1) is 17.2. The van der Waals surface area contributed by atoms with Gasteiger partial charge in [0, 0.05) is 4.47 Å². The highest BCUT2D eigenvalue weighted by Gasteiger charge is 2.37. The fourth-order valence-electron chi connectivity index (χ4n) is 3.62. The number of aryl methyl sites for hydroxylation is 2. The lowest BCUT2D eigenvalue weighted by Gasteiger charge is -2.27. The highest BCUT2D eigenvalue weighted by atomic mass is 79.9. The van der Waals surface area contributed by atoms with Gasteiger partial charge in [0.2, 0.25) is 0 Å². The van der Waals surface area contributed by atoms with Crippen molar-refractivity contribution in [2.24, 2.45) is 0 Å². The molecule has 1 heterocycles. The second-order valence-corrected chi connectivity index (χ2v) is 9.50. The van der Waals surface area contributed by atoms with E-state index in [-0.39, 0.29) is 17.2 Å². The second kappa shape index (κ2) is 10.6. The molecule has 0 saturated carbocycles. The zero-order valence-corrected chi connectivity index (χ0v) is 22.1. The highest BCUT2D eigenvalue weighted by Crippen LogP contribution is 2.38. The number of halogens is 2. The number of urea groups is 1. The van der Waals surface area contributed by atoms with Gasteiger partial charge >= 0.3 is 6.03 Å². The van der Waals surface area contributed by atoms with Crippen LogP contribution in [0.1, 0.15) is 22.3 Å². The summed E-state index contributed by atoms with van der Waals surface area (Å²) in [6.45, 7) is 4.06. The molecule has 0 radical (unpaired) electrons. The Balaban J connectivity index is 1.64. The van der Waals surface area contributed by atoms with Crippen molar-refractivity contribution in [3.8, 4) is 11.5 Å². The van der Waals surface area contributed by atoms with Crippen molar-refractivity contribution in [2.75, 3.05) is 12.0 Å². The quantitative estimate of drug-likeness (QED) is 0.292. The Kier molecular flexibility index (Phi) is 7.47. The van der Waals surface area contributed by atoms with Crippen LogP contribution in [0.5, 0.6) is 11.5 Å². The molecule has 0 unspecified atom stereocenters. The molecule has 1 aliphatic heterocycles. The van der Waals surface area contributed by atoms with Crippen LogP contribution in [0.2, 0.25) is 5.02 Å². The van der Waals surface area contributed by atoms with E-state index in [4.69, 9.17) is 21.1 Å². The van der Waals surface area contributed by atoms with Crippen LogP contribution in [0.15, 0.2) is 64.6 Å². The summed E-state index contributed by atoms with van der Waals surface area (Å²) in [5.74, 6) is -0.874. The number of benzene rings is 3. The molecule has 9 heteroatoms. The van der Waals surface area contributed by atoms with Crippen LogP contribution in [0.25, 0.3) is 6.08 Å². The zero-order valence-electron chi connectivity index (χ0n) is 19.7. The van der Waals surface area contributed by atoms with Crippen molar-refractivity contribution in [3.63, 3.8) is 0 Å². The molecule has 0 aliphatic carbocycles. The maximum Gasteiger partial charge on any atom is 0.335 e.